The first-order valence-corrected chi connectivity index (χ1v) is 14.8. The van der Waals surface area contributed by atoms with Gasteiger partial charge in [0.25, 0.3) is 0 Å². The first-order valence-electron chi connectivity index (χ1n) is 14.5. The zero-order valence-electron chi connectivity index (χ0n) is 22.0. The van der Waals surface area contributed by atoms with Crippen molar-refractivity contribution in [3.8, 4) is 22.3 Å². The number of pyridine rings is 1. The summed E-state index contributed by atoms with van der Waals surface area (Å²) < 4.78 is 0. The molecule has 1 nitrogen and oxygen atoms in total. The molecule has 0 unspecified atom stereocenters. The summed E-state index contributed by atoms with van der Waals surface area (Å²) in [7, 11) is 0. The molecule has 1 heterocycles. The maximum atomic E-state index is 6.36. The molecule has 0 amide bonds. The predicted octanol–water partition coefficient (Wildman–Crippen LogP) is 10.7. The van der Waals surface area contributed by atoms with Crippen molar-refractivity contribution in [3.63, 3.8) is 0 Å². The van der Waals surface area contributed by atoms with Gasteiger partial charge in [-0.2, -0.15) is 0 Å². The van der Waals surface area contributed by atoms with E-state index in [0.717, 1.165) is 11.4 Å². The average Bonchev–Trinajstić information content (AvgIpc) is 3.26. The second-order valence-corrected chi connectivity index (χ2v) is 11.7. The second kappa shape index (κ2) is 10.2. The van der Waals surface area contributed by atoms with Crippen LogP contribution in [0.15, 0.2) is 84.7 Å². The molecule has 0 radical (unpaired) electrons. The monoisotopic (exact) mass is 515 g/mol. The van der Waals surface area contributed by atoms with Crippen LogP contribution in [0.25, 0.3) is 38.6 Å². The van der Waals surface area contributed by atoms with Crippen LogP contribution in [0.1, 0.15) is 80.4 Å². The van der Waals surface area contributed by atoms with Crippen molar-refractivity contribution in [3.05, 3.63) is 106 Å². The minimum Gasteiger partial charge on any atom is -0.265 e. The maximum Gasteiger partial charge on any atom is 0.0406 e. The highest BCUT2D eigenvalue weighted by atomic mass is 35.5. The average molecular weight is 516 g/mol. The summed E-state index contributed by atoms with van der Waals surface area (Å²) in [6, 6.07) is 20.3. The second-order valence-electron chi connectivity index (χ2n) is 11.3. The van der Waals surface area contributed by atoms with Gasteiger partial charge in [-0.1, -0.05) is 79.3 Å². The van der Waals surface area contributed by atoms with Crippen LogP contribution in [-0.4, -0.2) is 4.98 Å². The summed E-state index contributed by atoms with van der Waals surface area (Å²) in [4.78, 5) is 4.35. The Bertz CT molecular complexity index is 1550. The van der Waals surface area contributed by atoms with E-state index in [1.165, 1.54) is 108 Å². The van der Waals surface area contributed by atoms with Crippen LogP contribution in [0.3, 0.4) is 0 Å². The number of hydrogen-bond donors (Lipinski definition) is 0. The summed E-state index contributed by atoms with van der Waals surface area (Å²) in [5, 5.41) is 3.71. The molecule has 1 saturated carbocycles. The van der Waals surface area contributed by atoms with Crippen LogP contribution in [-0.2, 0) is 6.42 Å². The molecule has 0 spiro atoms. The largest absolute Gasteiger partial charge is 0.265 e. The summed E-state index contributed by atoms with van der Waals surface area (Å²) in [6.45, 7) is 0. The van der Waals surface area contributed by atoms with E-state index < -0.39 is 0 Å². The molecule has 0 N–H and O–H groups in total. The Morgan fingerprint density at radius 2 is 1.47 bits per heavy atom. The molecule has 0 atom stereocenters. The molecule has 4 aromatic rings. The zero-order valence-corrected chi connectivity index (χ0v) is 22.7. The number of benzene rings is 3. The molecule has 1 aromatic heterocycles. The highest BCUT2D eigenvalue weighted by Gasteiger charge is 2.27. The number of nitrogens with zero attached hydrogens (tertiary/aromatic N) is 1. The minimum atomic E-state index is 0.591. The molecule has 0 saturated heterocycles. The number of aryl methyl sites for hydroxylation is 1. The number of allylic oxidation sites excluding steroid dienone is 4. The molecule has 2 heteroatoms. The van der Waals surface area contributed by atoms with Gasteiger partial charge in [-0.3, -0.25) is 4.98 Å². The summed E-state index contributed by atoms with van der Waals surface area (Å²) in [6.07, 6.45) is 21.3. The quantitative estimate of drug-likeness (QED) is 0.247. The lowest BCUT2D eigenvalue weighted by Gasteiger charge is -2.29. The van der Waals surface area contributed by atoms with Gasteiger partial charge >= 0.3 is 0 Å². The molecule has 3 aromatic carbocycles. The predicted molar refractivity (Wildman–Crippen MR) is 162 cm³/mol. The van der Waals surface area contributed by atoms with Crippen LogP contribution in [0.4, 0.5) is 0 Å². The highest BCUT2D eigenvalue weighted by molar-refractivity contribution is 6.30. The highest BCUT2D eigenvalue weighted by Crippen LogP contribution is 2.49. The Morgan fingerprint density at radius 1 is 0.711 bits per heavy atom. The fourth-order valence-electron chi connectivity index (χ4n) is 7.29. The van der Waals surface area contributed by atoms with Crippen molar-refractivity contribution in [2.45, 2.75) is 70.1 Å². The van der Waals surface area contributed by atoms with Gasteiger partial charge in [-0.15, -0.1) is 0 Å². The Labute approximate surface area is 231 Å². The number of rotatable bonds is 3. The maximum absolute atomic E-state index is 6.36. The summed E-state index contributed by atoms with van der Waals surface area (Å²) in [5.74, 6) is 0.591. The SMILES string of the molecule is Clc1ccc(-c2cc(-c3ccncc3)c(C3CCCCCC3)c3ccc4c(c23)CCC2=C4C=CCC2)cc1. The molecule has 3 aliphatic carbocycles. The van der Waals surface area contributed by atoms with E-state index in [-0.39, 0.29) is 0 Å². The number of fused-ring (bicyclic) bond motifs is 4. The van der Waals surface area contributed by atoms with E-state index in [1.54, 1.807) is 11.1 Å². The summed E-state index contributed by atoms with van der Waals surface area (Å²) in [5.41, 5.74) is 12.9. The molecule has 0 bridgehead atoms. The van der Waals surface area contributed by atoms with Gasteiger partial charge in [-0.05, 0) is 130 Å². The third-order valence-corrected chi connectivity index (χ3v) is 9.36. The van der Waals surface area contributed by atoms with Gasteiger partial charge in [0.1, 0.15) is 0 Å². The van der Waals surface area contributed by atoms with E-state index >= 15 is 0 Å². The fraction of sp³-hybridized carbons (Fsp3) is 0.306. The van der Waals surface area contributed by atoms with Crippen LogP contribution in [0, 0.1) is 0 Å². The van der Waals surface area contributed by atoms with Gasteiger partial charge in [0, 0.05) is 17.4 Å². The molecule has 38 heavy (non-hydrogen) atoms. The first kappa shape index (κ1) is 23.9. The first-order chi connectivity index (χ1) is 18.8. The van der Waals surface area contributed by atoms with Gasteiger partial charge in [0.15, 0.2) is 0 Å². The lowest BCUT2D eigenvalue weighted by atomic mass is 9.75. The third-order valence-electron chi connectivity index (χ3n) is 9.11. The zero-order chi connectivity index (χ0) is 25.5. The van der Waals surface area contributed by atoms with Gasteiger partial charge < -0.3 is 0 Å². The Balaban J connectivity index is 1.58. The lowest BCUT2D eigenvalue weighted by molar-refractivity contribution is 0.597. The van der Waals surface area contributed by atoms with Gasteiger partial charge in [0.2, 0.25) is 0 Å². The number of halogens is 1. The Kier molecular flexibility index (Phi) is 6.42. The van der Waals surface area contributed by atoms with Crippen LogP contribution in [0.2, 0.25) is 5.02 Å². The Hall–Kier alpha value is -3.16. The molecule has 7 rings (SSSR count). The smallest absolute Gasteiger partial charge is 0.0406 e. The van der Waals surface area contributed by atoms with E-state index in [4.69, 9.17) is 11.6 Å². The van der Waals surface area contributed by atoms with E-state index in [1.807, 2.05) is 24.5 Å². The molecule has 1 fully saturated rings. The van der Waals surface area contributed by atoms with E-state index in [9.17, 15) is 0 Å². The Morgan fingerprint density at radius 3 is 2.26 bits per heavy atom. The van der Waals surface area contributed by atoms with Crippen LogP contribution >= 0.6 is 11.6 Å². The summed E-state index contributed by atoms with van der Waals surface area (Å²) >= 11 is 6.36. The number of hydrogen-bond acceptors (Lipinski definition) is 1. The molecule has 3 aliphatic rings. The molecular formula is C36H34ClN. The van der Waals surface area contributed by atoms with Gasteiger partial charge in [0.05, 0.1) is 0 Å². The third kappa shape index (κ3) is 4.22. The van der Waals surface area contributed by atoms with Gasteiger partial charge in [-0.25, -0.2) is 0 Å². The standard InChI is InChI=1S/C36H34ClN/c37-28-14-11-25(12-15-28)34-23-33(26-19-21-38-22-20-26)35(27-8-3-1-2-4-9-27)32-18-17-30-29-10-6-5-7-24(29)13-16-31(30)36(32)34/h6,10-12,14-15,17-23,27H,1-5,7-9,13,16H2. The lowest BCUT2D eigenvalue weighted by Crippen LogP contribution is -2.09. The van der Waals surface area contributed by atoms with Crippen molar-refractivity contribution in [2.75, 3.05) is 0 Å². The normalized spacial score (nSPS) is 17.8. The minimum absolute atomic E-state index is 0.591. The van der Waals surface area contributed by atoms with E-state index in [0.29, 0.717) is 5.92 Å². The van der Waals surface area contributed by atoms with Crippen molar-refractivity contribution in [1.82, 2.24) is 4.98 Å². The molecule has 0 aliphatic heterocycles. The fourth-order valence-corrected chi connectivity index (χ4v) is 7.42. The van der Waals surface area contributed by atoms with Crippen LogP contribution in [0.5, 0.6) is 0 Å². The van der Waals surface area contributed by atoms with Crippen molar-refractivity contribution in [2.24, 2.45) is 0 Å². The molecule has 190 valence electrons. The van der Waals surface area contributed by atoms with Crippen molar-refractivity contribution < 1.29 is 0 Å². The van der Waals surface area contributed by atoms with E-state index in [2.05, 4.69) is 59.6 Å². The van der Waals surface area contributed by atoms with Crippen LogP contribution < -0.4 is 0 Å². The number of aromatic nitrogens is 1. The van der Waals surface area contributed by atoms with Crippen molar-refractivity contribution >= 4 is 27.9 Å². The van der Waals surface area contributed by atoms with Crippen molar-refractivity contribution in [1.29, 1.82) is 0 Å². The molecular weight excluding hydrogens is 482 g/mol. The topological polar surface area (TPSA) is 12.9 Å².